The van der Waals surface area contributed by atoms with Gasteiger partial charge in [-0.15, -0.1) is 0 Å². The molecule has 0 saturated carbocycles. The second-order valence-electron chi connectivity index (χ2n) is 5.12. The van der Waals surface area contributed by atoms with Crippen molar-refractivity contribution in [2.24, 2.45) is 0 Å². The van der Waals surface area contributed by atoms with Gasteiger partial charge in [0, 0.05) is 27.8 Å². The van der Waals surface area contributed by atoms with Crippen molar-refractivity contribution in [3.8, 4) is 11.5 Å². The van der Waals surface area contributed by atoms with Gasteiger partial charge in [-0.25, -0.2) is 4.79 Å². The van der Waals surface area contributed by atoms with Crippen LogP contribution in [0.25, 0.3) is 0 Å². The fraction of sp³-hybridized carbons (Fsp3) is 0.235. The summed E-state index contributed by atoms with van der Waals surface area (Å²) >= 11 is 11.8. The van der Waals surface area contributed by atoms with Gasteiger partial charge < -0.3 is 25.2 Å². The highest BCUT2D eigenvalue weighted by atomic mass is 35.5. The minimum absolute atomic E-state index is 0.0241. The highest BCUT2D eigenvalue weighted by molar-refractivity contribution is 6.35. The summed E-state index contributed by atoms with van der Waals surface area (Å²) in [5, 5.41) is 16.3. The molecule has 0 unspecified atom stereocenters. The van der Waals surface area contributed by atoms with Gasteiger partial charge in [-0.1, -0.05) is 23.2 Å². The predicted molar refractivity (Wildman–Crippen MR) is 98.0 cm³/mol. The van der Waals surface area contributed by atoms with Crippen LogP contribution in [0.4, 0.5) is 10.5 Å². The van der Waals surface area contributed by atoms with E-state index in [9.17, 15) is 9.90 Å². The normalized spacial score (nSPS) is 11.6. The van der Waals surface area contributed by atoms with Crippen molar-refractivity contribution in [3.63, 3.8) is 0 Å². The van der Waals surface area contributed by atoms with E-state index in [0.717, 1.165) is 0 Å². The predicted octanol–water partition coefficient (Wildman–Crippen LogP) is 3.87. The third-order valence-electron chi connectivity index (χ3n) is 3.37. The molecule has 0 aromatic heterocycles. The number of nitrogens with one attached hydrogen (secondary N) is 2. The molecule has 0 bridgehead atoms. The number of hydrogen-bond acceptors (Lipinski definition) is 4. The van der Waals surface area contributed by atoms with Crippen molar-refractivity contribution in [1.29, 1.82) is 0 Å². The topological polar surface area (TPSA) is 79.8 Å². The number of aliphatic hydroxyl groups excluding tert-OH is 1. The average Bonchev–Trinajstić information content (AvgIpc) is 2.58. The molecule has 2 aromatic carbocycles. The van der Waals surface area contributed by atoms with Crippen LogP contribution in [0.1, 0.15) is 11.7 Å². The molecule has 134 valence electrons. The van der Waals surface area contributed by atoms with Gasteiger partial charge >= 0.3 is 6.03 Å². The third-order valence-corrected chi connectivity index (χ3v) is 3.81. The van der Waals surface area contributed by atoms with Crippen molar-refractivity contribution in [2.45, 2.75) is 6.10 Å². The number of rotatable bonds is 6. The second-order valence-corrected chi connectivity index (χ2v) is 5.99. The number of benzene rings is 2. The van der Waals surface area contributed by atoms with E-state index in [1.165, 1.54) is 14.2 Å². The summed E-state index contributed by atoms with van der Waals surface area (Å²) in [6.07, 6.45) is -0.973. The third kappa shape index (κ3) is 5.42. The number of carbonyl (C=O) groups excluding carboxylic acids is 1. The molecule has 3 N–H and O–H groups in total. The zero-order chi connectivity index (χ0) is 18.4. The van der Waals surface area contributed by atoms with Crippen LogP contribution in [0.15, 0.2) is 36.4 Å². The molecule has 1 atom stereocenters. The first-order chi connectivity index (χ1) is 11.9. The average molecular weight is 385 g/mol. The number of methoxy groups -OCH3 is 2. The van der Waals surface area contributed by atoms with Crippen LogP contribution in [-0.4, -0.2) is 31.9 Å². The summed E-state index contributed by atoms with van der Waals surface area (Å²) < 4.78 is 10.4. The van der Waals surface area contributed by atoms with Gasteiger partial charge in [-0.2, -0.15) is 0 Å². The largest absolute Gasteiger partial charge is 0.497 e. The van der Waals surface area contributed by atoms with Crippen LogP contribution in [0, 0.1) is 0 Å². The van der Waals surface area contributed by atoms with E-state index >= 15 is 0 Å². The molecule has 0 heterocycles. The van der Waals surface area contributed by atoms with Crippen molar-refractivity contribution < 1.29 is 19.4 Å². The molecule has 0 aliphatic heterocycles. The highest BCUT2D eigenvalue weighted by Crippen LogP contribution is 2.29. The Balaban J connectivity index is 1.99. The number of amides is 2. The van der Waals surface area contributed by atoms with E-state index < -0.39 is 12.1 Å². The fourth-order valence-corrected chi connectivity index (χ4v) is 2.73. The zero-order valence-electron chi connectivity index (χ0n) is 13.7. The second kappa shape index (κ2) is 8.80. The first kappa shape index (κ1) is 19.2. The Labute approximate surface area is 155 Å². The molecule has 2 amide bonds. The molecular formula is C17H18Cl2N2O4. The van der Waals surface area contributed by atoms with Gasteiger partial charge in [0.25, 0.3) is 0 Å². The van der Waals surface area contributed by atoms with E-state index in [1.54, 1.807) is 36.4 Å². The van der Waals surface area contributed by atoms with E-state index in [2.05, 4.69) is 10.6 Å². The van der Waals surface area contributed by atoms with Crippen molar-refractivity contribution in [2.75, 3.05) is 26.1 Å². The smallest absolute Gasteiger partial charge is 0.319 e. The van der Waals surface area contributed by atoms with Gasteiger partial charge in [-0.05, 0) is 36.4 Å². The monoisotopic (exact) mass is 384 g/mol. The van der Waals surface area contributed by atoms with Crippen LogP contribution in [0.5, 0.6) is 11.5 Å². The van der Waals surface area contributed by atoms with E-state index in [0.29, 0.717) is 32.8 Å². The minimum atomic E-state index is -0.973. The number of urea groups is 1. The quantitative estimate of drug-likeness (QED) is 0.706. The summed E-state index contributed by atoms with van der Waals surface area (Å²) in [5.41, 5.74) is 0.955. The Bertz CT molecular complexity index is 735. The van der Waals surface area contributed by atoms with E-state index in [-0.39, 0.29) is 6.54 Å². The Morgan fingerprint density at radius 1 is 1.12 bits per heavy atom. The molecule has 0 aliphatic rings. The van der Waals surface area contributed by atoms with E-state index in [4.69, 9.17) is 32.7 Å². The van der Waals surface area contributed by atoms with Crippen molar-refractivity contribution >= 4 is 34.9 Å². The van der Waals surface area contributed by atoms with Gasteiger partial charge in [-0.3, -0.25) is 0 Å². The summed E-state index contributed by atoms with van der Waals surface area (Å²) in [5.74, 6) is 1.07. The Kier molecular flexibility index (Phi) is 6.75. The Morgan fingerprint density at radius 3 is 2.40 bits per heavy atom. The number of halogens is 2. The number of hydrogen-bond donors (Lipinski definition) is 3. The molecule has 6 nitrogen and oxygen atoms in total. The molecule has 0 spiro atoms. The maximum Gasteiger partial charge on any atom is 0.319 e. The van der Waals surface area contributed by atoms with Gasteiger partial charge in [0.2, 0.25) is 0 Å². The molecule has 0 aliphatic carbocycles. The molecular weight excluding hydrogens is 367 g/mol. The van der Waals surface area contributed by atoms with Crippen LogP contribution < -0.4 is 20.1 Å². The molecule has 0 saturated heterocycles. The summed E-state index contributed by atoms with van der Waals surface area (Å²) in [6.45, 7) is -0.0241. The molecule has 8 heteroatoms. The fourth-order valence-electron chi connectivity index (χ4n) is 2.20. The lowest BCUT2D eigenvalue weighted by Crippen LogP contribution is -2.32. The molecule has 2 rings (SSSR count). The molecule has 25 heavy (non-hydrogen) atoms. The van der Waals surface area contributed by atoms with Crippen molar-refractivity contribution in [1.82, 2.24) is 5.32 Å². The van der Waals surface area contributed by atoms with Gasteiger partial charge in [0.05, 0.1) is 14.2 Å². The first-order valence-electron chi connectivity index (χ1n) is 7.34. The van der Waals surface area contributed by atoms with Crippen LogP contribution in [0.2, 0.25) is 10.0 Å². The van der Waals surface area contributed by atoms with Crippen LogP contribution in [-0.2, 0) is 0 Å². The van der Waals surface area contributed by atoms with Gasteiger partial charge in [0.1, 0.15) is 17.6 Å². The maximum atomic E-state index is 12.0. The lowest BCUT2D eigenvalue weighted by atomic mass is 10.1. The number of carbonyl (C=O) groups is 1. The Morgan fingerprint density at radius 2 is 1.80 bits per heavy atom. The lowest BCUT2D eigenvalue weighted by molar-refractivity contribution is 0.170. The Hall–Kier alpha value is -2.15. The summed E-state index contributed by atoms with van der Waals surface area (Å²) in [7, 11) is 3.03. The lowest BCUT2D eigenvalue weighted by Gasteiger charge is -2.17. The van der Waals surface area contributed by atoms with E-state index in [1.807, 2.05) is 0 Å². The van der Waals surface area contributed by atoms with Crippen LogP contribution >= 0.6 is 23.2 Å². The first-order valence-corrected chi connectivity index (χ1v) is 8.09. The number of aliphatic hydroxyl groups is 1. The highest BCUT2D eigenvalue weighted by Gasteiger charge is 2.16. The zero-order valence-corrected chi connectivity index (χ0v) is 15.2. The molecule has 0 fully saturated rings. The number of ether oxygens (including phenoxy) is 2. The van der Waals surface area contributed by atoms with Gasteiger partial charge in [0.15, 0.2) is 0 Å². The molecule has 2 aromatic rings. The SMILES string of the molecule is COc1ccc(OC)c([C@H](O)CNC(=O)Nc2cc(Cl)cc(Cl)c2)c1. The van der Waals surface area contributed by atoms with Crippen molar-refractivity contribution in [3.05, 3.63) is 52.0 Å². The molecule has 0 radical (unpaired) electrons. The minimum Gasteiger partial charge on any atom is -0.497 e. The summed E-state index contributed by atoms with van der Waals surface area (Å²) in [6, 6.07) is 9.25. The van der Waals surface area contributed by atoms with Crippen LogP contribution in [0.3, 0.4) is 0 Å². The standard InChI is InChI=1S/C17H18Cl2N2O4/c1-24-13-3-4-16(25-2)14(8-13)15(22)9-20-17(23)21-12-6-10(18)5-11(19)7-12/h3-8,15,22H,9H2,1-2H3,(H2,20,21,23)/t15-/m1/s1. The number of anilines is 1. The maximum absolute atomic E-state index is 12.0. The summed E-state index contributed by atoms with van der Waals surface area (Å²) in [4.78, 5) is 12.0.